The molecule has 0 aliphatic heterocycles. The number of hydrogen-bond donors (Lipinski definition) is 2. The lowest BCUT2D eigenvalue weighted by Gasteiger charge is -2.20. The molecule has 128 valence electrons. The first kappa shape index (κ1) is 19.1. The van der Waals surface area contributed by atoms with E-state index in [0.717, 1.165) is 12.2 Å². The monoisotopic (exact) mass is 321 g/mol. The molecular formula is C17H27N3O3. The molecule has 23 heavy (non-hydrogen) atoms. The van der Waals surface area contributed by atoms with Crippen LogP contribution in [-0.4, -0.2) is 53.2 Å². The fourth-order valence-corrected chi connectivity index (χ4v) is 1.80. The van der Waals surface area contributed by atoms with Crippen LogP contribution in [-0.2, 0) is 14.2 Å². The van der Waals surface area contributed by atoms with Gasteiger partial charge in [-0.25, -0.2) is 0 Å². The Morgan fingerprint density at radius 2 is 1.57 bits per heavy atom. The maximum Gasteiger partial charge on any atom is 0.0701 e. The molecule has 6 nitrogen and oxygen atoms in total. The summed E-state index contributed by atoms with van der Waals surface area (Å²) in [6.45, 7) is 4.18. The quantitative estimate of drug-likeness (QED) is 0.344. The third-order valence-electron chi connectivity index (χ3n) is 3.22. The van der Waals surface area contributed by atoms with Crippen molar-refractivity contribution in [1.29, 1.82) is 0 Å². The van der Waals surface area contributed by atoms with Crippen LogP contribution in [0.3, 0.4) is 0 Å². The molecule has 0 radical (unpaired) electrons. The summed E-state index contributed by atoms with van der Waals surface area (Å²) < 4.78 is 16.2. The predicted molar refractivity (Wildman–Crippen MR) is 94.4 cm³/mol. The summed E-state index contributed by atoms with van der Waals surface area (Å²) in [5.41, 5.74) is 13.7. The zero-order chi connectivity index (χ0) is 16.9. The van der Waals surface area contributed by atoms with Crippen LogP contribution in [0, 0.1) is 12.3 Å². The largest absolute Gasteiger partial charge is 0.397 e. The second-order valence-electron chi connectivity index (χ2n) is 5.03. The highest BCUT2D eigenvalue weighted by Crippen LogP contribution is 2.21. The molecule has 0 bridgehead atoms. The van der Waals surface area contributed by atoms with Crippen LogP contribution in [0.2, 0.25) is 0 Å². The summed E-state index contributed by atoms with van der Waals surface area (Å²) in [5.74, 6) is 2.52. The van der Waals surface area contributed by atoms with E-state index in [9.17, 15) is 0 Å². The Hall–Kier alpha value is -1.94. The average Bonchev–Trinajstić information content (AvgIpc) is 2.55. The fraction of sp³-hybridized carbons (Fsp3) is 0.529. The van der Waals surface area contributed by atoms with Gasteiger partial charge in [-0.05, 0) is 18.2 Å². The van der Waals surface area contributed by atoms with Gasteiger partial charge in [-0.15, -0.1) is 12.3 Å². The molecular weight excluding hydrogens is 294 g/mol. The van der Waals surface area contributed by atoms with Gasteiger partial charge in [0.05, 0.1) is 51.0 Å². The van der Waals surface area contributed by atoms with Gasteiger partial charge in [-0.2, -0.15) is 0 Å². The van der Waals surface area contributed by atoms with E-state index in [0.29, 0.717) is 57.4 Å². The van der Waals surface area contributed by atoms with E-state index in [2.05, 4.69) is 10.8 Å². The van der Waals surface area contributed by atoms with E-state index < -0.39 is 0 Å². The highest BCUT2D eigenvalue weighted by molar-refractivity contribution is 5.69. The minimum absolute atomic E-state index is 0.553. The number of likely N-dealkylation sites (N-methyl/N-ethyl adjacent to an activating group) is 1. The zero-order valence-electron chi connectivity index (χ0n) is 13.8. The average molecular weight is 321 g/mol. The number of benzene rings is 1. The number of anilines is 3. The Morgan fingerprint density at radius 1 is 0.957 bits per heavy atom. The van der Waals surface area contributed by atoms with Crippen molar-refractivity contribution in [2.45, 2.75) is 6.42 Å². The smallest absolute Gasteiger partial charge is 0.0701 e. The first-order valence-corrected chi connectivity index (χ1v) is 7.68. The molecule has 0 aromatic heterocycles. The van der Waals surface area contributed by atoms with Crippen LogP contribution in [0.1, 0.15) is 6.42 Å². The number of ether oxygens (including phenoxy) is 3. The molecule has 0 fully saturated rings. The van der Waals surface area contributed by atoms with Crippen LogP contribution in [0.15, 0.2) is 18.2 Å². The van der Waals surface area contributed by atoms with Gasteiger partial charge >= 0.3 is 0 Å². The summed E-state index contributed by atoms with van der Waals surface area (Å²) >= 11 is 0. The van der Waals surface area contributed by atoms with E-state index in [4.69, 9.17) is 32.1 Å². The normalized spacial score (nSPS) is 10.4. The summed E-state index contributed by atoms with van der Waals surface area (Å²) in [5, 5.41) is 0. The molecule has 0 atom stereocenters. The van der Waals surface area contributed by atoms with Crippen LogP contribution in [0.25, 0.3) is 0 Å². The van der Waals surface area contributed by atoms with Crippen LogP contribution in [0.5, 0.6) is 0 Å². The predicted octanol–water partition coefficient (Wildman–Crippen LogP) is 1.36. The lowest BCUT2D eigenvalue weighted by atomic mass is 10.2. The first-order chi connectivity index (χ1) is 11.1. The number of hydrogen-bond acceptors (Lipinski definition) is 6. The van der Waals surface area contributed by atoms with Crippen molar-refractivity contribution in [3.63, 3.8) is 0 Å². The fourth-order valence-electron chi connectivity index (χ4n) is 1.80. The maximum absolute atomic E-state index is 5.80. The zero-order valence-corrected chi connectivity index (χ0v) is 13.8. The minimum atomic E-state index is 0.553. The molecule has 0 aliphatic carbocycles. The van der Waals surface area contributed by atoms with Crippen molar-refractivity contribution < 1.29 is 14.2 Å². The van der Waals surface area contributed by atoms with Gasteiger partial charge in [0.25, 0.3) is 0 Å². The van der Waals surface area contributed by atoms with Crippen molar-refractivity contribution >= 4 is 17.1 Å². The standard InChI is InChI=1S/C17H27N3O3/c1-3-4-8-21-10-12-23-13-11-22-9-7-20(2)15-5-6-16(18)17(19)14-15/h1,5-6,14H,4,7-13,18-19H2,2H3. The third kappa shape index (κ3) is 8.31. The first-order valence-electron chi connectivity index (χ1n) is 7.68. The van der Waals surface area contributed by atoms with E-state index >= 15 is 0 Å². The number of nitrogen functional groups attached to an aromatic ring is 2. The SMILES string of the molecule is C#CCCOCCOCCOCCN(C)c1ccc(N)c(N)c1. The summed E-state index contributed by atoms with van der Waals surface area (Å²) in [7, 11) is 1.98. The van der Waals surface area contributed by atoms with Gasteiger partial charge in [0.2, 0.25) is 0 Å². The van der Waals surface area contributed by atoms with Crippen LogP contribution < -0.4 is 16.4 Å². The summed E-state index contributed by atoms with van der Waals surface area (Å²) in [4.78, 5) is 2.07. The number of nitrogens with two attached hydrogens (primary N) is 2. The van der Waals surface area contributed by atoms with Crippen molar-refractivity contribution in [2.75, 3.05) is 69.6 Å². The van der Waals surface area contributed by atoms with Crippen LogP contribution >= 0.6 is 0 Å². The molecule has 0 spiro atoms. The number of rotatable bonds is 12. The van der Waals surface area contributed by atoms with Crippen molar-refractivity contribution in [1.82, 2.24) is 0 Å². The molecule has 0 saturated heterocycles. The Morgan fingerprint density at radius 3 is 2.17 bits per heavy atom. The van der Waals surface area contributed by atoms with Crippen LogP contribution in [0.4, 0.5) is 17.1 Å². The van der Waals surface area contributed by atoms with E-state index in [1.54, 1.807) is 0 Å². The van der Waals surface area contributed by atoms with Crippen molar-refractivity contribution in [3.05, 3.63) is 18.2 Å². The Bertz CT molecular complexity index is 488. The van der Waals surface area contributed by atoms with Gasteiger partial charge < -0.3 is 30.6 Å². The topological polar surface area (TPSA) is 83.0 Å². The van der Waals surface area contributed by atoms with Gasteiger partial charge in [0.15, 0.2) is 0 Å². The Labute approximate surface area is 138 Å². The Kier molecular flexibility index (Phi) is 9.64. The van der Waals surface area contributed by atoms with Gasteiger partial charge in [-0.3, -0.25) is 0 Å². The minimum Gasteiger partial charge on any atom is -0.397 e. The molecule has 0 saturated carbocycles. The Balaban J connectivity index is 2.00. The number of nitrogens with zero attached hydrogens (tertiary/aromatic N) is 1. The van der Waals surface area contributed by atoms with Gasteiger partial charge in [0.1, 0.15) is 0 Å². The molecule has 0 unspecified atom stereocenters. The summed E-state index contributed by atoms with van der Waals surface area (Å²) in [6, 6.07) is 5.61. The highest BCUT2D eigenvalue weighted by Gasteiger charge is 2.03. The molecule has 1 aromatic rings. The maximum atomic E-state index is 5.80. The van der Waals surface area contributed by atoms with E-state index in [1.165, 1.54) is 0 Å². The van der Waals surface area contributed by atoms with E-state index in [-0.39, 0.29) is 0 Å². The molecule has 1 rings (SSSR count). The second kappa shape index (κ2) is 11.6. The lowest BCUT2D eigenvalue weighted by molar-refractivity contribution is 0.0170. The molecule has 6 heteroatoms. The molecule has 4 N–H and O–H groups in total. The number of terminal acetylenes is 1. The lowest BCUT2D eigenvalue weighted by Crippen LogP contribution is -2.23. The molecule has 0 heterocycles. The molecule has 1 aromatic carbocycles. The second-order valence-corrected chi connectivity index (χ2v) is 5.03. The van der Waals surface area contributed by atoms with Gasteiger partial charge in [-0.1, -0.05) is 0 Å². The third-order valence-corrected chi connectivity index (χ3v) is 3.22. The van der Waals surface area contributed by atoms with E-state index in [1.807, 2.05) is 25.2 Å². The van der Waals surface area contributed by atoms with Crippen molar-refractivity contribution in [2.24, 2.45) is 0 Å². The van der Waals surface area contributed by atoms with Crippen molar-refractivity contribution in [3.8, 4) is 12.3 Å². The molecule has 0 aliphatic rings. The van der Waals surface area contributed by atoms with Gasteiger partial charge in [0, 0.05) is 25.7 Å². The summed E-state index contributed by atoms with van der Waals surface area (Å²) in [6.07, 6.45) is 5.75. The molecule has 0 amide bonds. The highest BCUT2D eigenvalue weighted by atomic mass is 16.5.